The van der Waals surface area contributed by atoms with Crippen LogP contribution in [-0.4, -0.2) is 55.5 Å². The Balaban J connectivity index is 1.99. The van der Waals surface area contributed by atoms with Crippen LogP contribution >= 0.6 is 0 Å². The zero-order valence-corrected chi connectivity index (χ0v) is 13.3. The molecule has 1 aromatic rings. The molecule has 6 heteroatoms. The van der Waals surface area contributed by atoms with Crippen molar-refractivity contribution >= 4 is 10.0 Å². The maximum Gasteiger partial charge on any atom is 0.218 e. The summed E-state index contributed by atoms with van der Waals surface area (Å²) in [6.07, 6.45) is 1.10. The fraction of sp³-hybridized carbons (Fsp3) is 0.600. The number of sulfonamides is 1. The molecule has 21 heavy (non-hydrogen) atoms. The molecule has 0 bridgehead atoms. The van der Waals surface area contributed by atoms with E-state index in [4.69, 9.17) is 5.11 Å². The number of rotatable bonds is 6. The van der Waals surface area contributed by atoms with Crippen molar-refractivity contribution in [2.45, 2.75) is 25.7 Å². The molecule has 1 aliphatic rings. The average molecular weight is 312 g/mol. The van der Waals surface area contributed by atoms with Crippen LogP contribution in [0.2, 0.25) is 0 Å². The van der Waals surface area contributed by atoms with Crippen molar-refractivity contribution in [2.75, 3.05) is 32.7 Å². The maximum atomic E-state index is 12.5. The molecule has 5 nitrogen and oxygen atoms in total. The number of aliphatic hydroxyl groups excluding tert-OH is 1. The molecular weight excluding hydrogens is 288 g/mol. The lowest BCUT2D eigenvalue weighted by atomic mass is 10.1. The number of nitrogens with zero attached hydrogens (tertiary/aromatic N) is 2. The van der Waals surface area contributed by atoms with Gasteiger partial charge in [0.1, 0.15) is 0 Å². The topological polar surface area (TPSA) is 60.9 Å². The molecule has 0 aromatic heterocycles. The monoisotopic (exact) mass is 312 g/mol. The summed E-state index contributed by atoms with van der Waals surface area (Å²) in [5.74, 6) is 0.00855. The first-order chi connectivity index (χ1) is 10.0. The zero-order valence-electron chi connectivity index (χ0n) is 12.5. The quantitative estimate of drug-likeness (QED) is 0.852. The van der Waals surface area contributed by atoms with E-state index >= 15 is 0 Å². The number of hydrogen-bond acceptors (Lipinski definition) is 4. The number of benzene rings is 1. The summed E-state index contributed by atoms with van der Waals surface area (Å²) in [5, 5.41) is 9.12. The predicted octanol–water partition coefficient (Wildman–Crippen LogP) is 1.04. The van der Waals surface area contributed by atoms with Gasteiger partial charge in [-0.15, -0.1) is 0 Å². The van der Waals surface area contributed by atoms with Crippen molar-refractivity contribution in [2.24, 2.45) is 0 Å². The van der Waals surface area contributed by atoms with E-state index in [0.29, 0.717) is 13.1 Å². The van der Waals surface area contributed by atoms with Crippen molar-refractivity contribution in [1.82, 2.24) is 9.21 Å². The SMILES string of the molecule is CCCN1CCN(S(=O)(=O)Cc2cccc(CO)c2)CC1. The van der Waals surface area contributed by atoms with Crippen molar-refractivity contribution in [3.63, 3.8) is 0 Å². The summed E-state index contributed by atoms with van der Waals surface area (Å²) >= 11 is 0. The van der Waals surface area contributed by atoms with Gasteiger partial charge in [0, 0.05) is 26.2 Å². The minimum Gasteiger partial charge on any atom is -0.392 e. The maximum absolute atomic E-state index is 12.5. The first kappa shape index (κ1) is 16.4. The average Bonchev–Trinajstić information content (AvgIpc) is 2.48. The van der Waals surface area contributed by atoms with E-state index < -0.39 is 10.0 Å². The van der Waals surface area contributed by atoms with E-state index in [1.54, 1.807) is 28.6 Å². The van der Waals surface area contributed by atoms with Crippen molar-refractivity contribution in [1.29, 1.82) is 0 Å². The molecule has 2 rings (SSSR count). The third-order valence-electron chi connectivity index (χ3n) is 3.79. The molecule has 1 aliphatic heterocycles. The van der Waals surface area contributed by atoms with E-state index in [1.165, 1.54) is 0 Å². The summed E-state index contributed by atoms with van der Waals surface area (Å²) in [6, 6.07) is 7.13. The lowest BCUT2D eigenvalue weighted by molar-refractivity contribution is 0.188. The minimum absolute atomic E-state index is 0.00855. The molecule has 0 atom stereocenters. The first-order valence-electron chi connectivity index (χ1n) is 7.44. The fourth-order valence-corrected chi connectivity index (χ4v) is 4.17. The molecule has 0 amide bonds. The van der Waals surface area contributed by atoms with E-state index in [0.717, 1.165) is 37.2 Å². The van der Waals surface area contributed by atoms with Crippen LogP contribution in [0.4, 0.5) is 0 Å². The second kappa shape index (κ2) is 7.35. The Labute approximate surface area is 127 Å². The lowest BCUT2D eigenvalue weighted by Gasteiger charge is -2.33. The first-order valence-corrected chi connectivity index (χ1v) is 9.05. The van der Waals surface area contributed by atoms with Gasteiger partial charge in [-0.1, -0.05) is 31.2 Å². The third-order valence-corrected chi connectivity index (χ3v) is 5.64. The van der Waals surface area contributed by atoms with Gasteiger partial charge in [-0.05, 0) is 24.1 Å². The summed E-state index contributed by atoms with van der Waals surface area (Å²) in [7, 11) is -3.27. The standard InChI is InChI=1S/C15H24N2O3S/c1-2-6-16-7-9-17(10-8-16)21(19,20)13-15-5-3-4-14(11-15)12-18/h3-5,11,18H,2,6-10,12-13H2,1H3. The number of piperazine rings is 1. The molecule has 1 N–H and O–H groups in total. The van der Waals surface area contributed by atoms with Crippen LogP contribution in [0.15, 0.2) is 24.3 Å². The number of hydrogen-bond donors (Lipinski definition) is 1. The van der Waals surface area contributed by atoms with E-state index in [9.17, 15) is 8.42 Å². The van der Waals surface area contributed by atoms with Crippen LogP contribution in [-0.2, 0) is 22.4 Å². The second-order valence-electron chi connectivity index (χ2n) is 5.47. The van der Waals surface area contributed by atoms with Gasteiger partial charge >= 0.3 is 0 Å². The molecule has 1 saturated heterocycles. The Bertz CT molecular complexity index is 552. The summed E-state index contributed by atoms with van der Waals surface area (Å²) in [6.45, 7) is 5.87. The third kappa shape index (κ3) is 4.51. The zero-order chi connectivity index (χ0) is 15.3. The van der Waals surface area contributed by atoms with Crippen LogP contribution in [0, 0.1) is 0 Å². The van der Waals surface area contributed by atoms with Gasteiger partial charge < -0.3 is 10.0 Å². The Morgan fingerprint density at radius 1 is 1.14 bits per heavy atom. The Morgan fingerprint density at radius 2 is 1.81 bits per heavy atom. The van der Waals surface area contributed by atoms with E-state index in [1.807, 2.05) is 0 Å². The minimum atomic E-state index is -3.27. The molecule has 118 valence electrons. The van der Waals surface area contributed by atoms with E-state index in [-0.39, 0.29) is 12.4 Å². The fourth-order valence-electron chi connectivity index (χ4n) is 2.67. The number of aliphatic hydroxyl groups is 1. The molecular formula is C15H24N2O3S. The molecule has 0 unspecified atom stereocenters. The molecule has 1 aromatic carbocycles. The van der Waals surface area contributed by atoms with Crippen molar-refractivity contribution < 1.29 is 13.5 Å². The Hall–Kier alpha value is -0.950. The van der Waals surface area contributed by atoms with Crippen LogP contribution in [0.25, 0.3) is 0 Å². The van der Waals surface area contributed by atoms with Crippen LogP contribution in [0.3, 0.4) is 0 Å². The van der Waals surface area contributed by atoms with Crippen LogP contribution in [0.5, 0.6) is 0 Å². The smallest absolute Gasteiger partial charge is 0.218 e. The van der Waals surface area contributed by atoms with Gasteiger partial charge in [-0.2, -0.15) is 4.31 Å². The van der Waals surface area contributed by atoms with Crippen molar-refractivity contribution in [3.05, 3.63) is 35.4 Å². The molecule has 1 heterocycles. The van der Waals surface area contributed by atoms with Gasteiger partial charge in [0.2, 0.25) is 10.0 Å². The molecule has 0 saturated carbocycles. The summed E-state index contributed by atoms with van der Waals surface area (Å²) in [4.78, 5) is 2.30. The molecule has 1 fully saturated rings. The largest absolute Gasteiger partial charge is 0.392 e. The highest BCUT2D eigenvalue weighted by Crippen LogP contribution is 2.15. The van der Waals surface area contributed by atoms with Gasteiger partial charge in [0.05, 0.1) is 12.4 Å². The molecule has 0 aliphatic carbocycles. The van der Waals surface area contributed by atoms with Gasteiger partial charge in [0.25, 0.3) is 0 Å². The Kier molecular flexibility index (Phi) is 5.75. The van der Waals surface area contributed by atoms with Gasteiger partial charge in [-0.25, -0.2) is 8.42 Å². The summed E-state index contributed by atoms with van der Waals surface area (Å²) in [5.41, 5.74) is 1.48. The highest BCUT2D eigenvalue weighted by molar-refractivity contribution is 7.88. The molecule has 0 spiro atoms. The highest BCUT2D eigenvalue weighted by atomic mass is 32.2. The highest BCUT2D eigenvalue weighted by Gasteiger charge is 2.26. The van der Waals surface area contributed by atoms with Crippen LogP contribution < -0.4 is 0 Å². The summed E-state index contributed by atoms with van der Waals surface area (Å²) < 4.78 is 26.5. The normalized spacial score (nSPS) is 18.0. The predicted molar refractivity (Wildman–Crippen MR) is 83.3 cm³/mol. The Morgan fingerprint density at radius 3 is 2.43 bits per heavy atom. The van der Waals surface area contributed by atoms with E-state index in [2.05, 4.69) is 11.8 Å². The van der Waals surface area contributed by atoms with Gasteiger partial charge in [0.15, 0.2) is 0 Å². The van der Waals surface area contributed by atoms with Crippen LogP contribution in [0.1, 0.15) is 24.5 Å². The van der Waals surface area contributed by atoms with Crippen molar-refractivity contribution in [3.8, 4) is 0 Å². The van der Waals surface area contributed by atoms with Gasteiger partial charge in [-0.3, -0.25) is 0 Å². The lowest BCUT2D eigenvalue weighted by Crippen LogP contribution is -2.48. The molecule has 0 radical (unpaired) electrons. The second-order valence-corrected chi connectivity index (χ2v) is 7.44.